The van der Waals surface area contributed by atoms with Gasteiger partial charge in [0.25, 0.3) is 11.6 Å². The number of nitrogens with zero attached hydrogens (tertiary/aromatic N) is 3. The Hall–Kier alpha value is -2.86. The predicted molar refractivity (Wildman–Crippen MR) is 153 cm³/mol. The number of rotatable bonds is 9. The van der Waals surface area contributed by atoms with Crippen LogP contribution in [0.4, 0.5) is 5.69 Å². The first kappa shape index (κ1) is 28.7. The molecule has 1 saturated carbocycles. The molecule has 2 saturated heterocycles. The van der Waals surface area contributed by atoms with E-state index in [0.717, 1.165) is 63.7 Å². The van der Waals surface area contributed by atoms with Crippen molar-refractivity contribution < 1.29 is 19.2 Å². The fourth-order valence-corrected chi connectivity index (χ4v) is 6.90. The molecule has 2 amide bonds. The van der Waals surface area contributed by atoms with Crippen LogP contribution in [0.1, 0.15) is 66.6 Å². The fourth-order valence-electron chi connectivity index (χ4n) is 6.22. The van der Waals surface area contributed by atoms with E-state index in [-0.39, 0.29) is 41.7 Å². The van der Waals surface area contributed by atoms with Gasteiger partial charge in [0.2, 0.25) is 5.91 Å². The van der Waals surface area contributed by atoms with Gasteiger partial charge in [-0.15, -0.1) is 11.3 Å². The maximum atomic E-state index is 13.8. The summed E-state index contributed by atoms with van der Waals surface area (Å²) in [6.45, 7) is 2.54. The summed E-state index contributed by atoms with van der Waals surface area (Å²) in [5, 5.41) is 16.3. The predicted octanol–water partition coefficient (Wildman–Crippen LogP) is 3.70. The lowest BCUT2D eigenvalue weighted by molar-refractivity contribution is -0.384. The van der Waals surface area contributed by atoms with Crippen molar-refractivity contribution in [3.63, 3.8) is 0 Å². The molecule has 1 aliphatic carbocycles. The third-order valence-corrected chi connectivity index (χ3v) is 9.36. The molecular formula is C29H39N5O5S. The van der Waals surface area contributed by atoms with Crippen LogP contribution in [0, 0.1) is 10.1 Å². The van der Waals surface area contributed by atoms with Gasteiger partial charge in [-0.25, -0.2) is 0 Å². The van der Waals surface area contributed by atoms with E-state index in [1.807, 2.05) is 17.5 Å². The third kappa shape index (κ3) is 7.06. The zero-order valence-electron chi connectivity index (χ0n) is 22.8. The van der Waals surface area contributed by atoms with E-state index in [0.29, 0.717) is 24.4 Å². The van der Waals surface area contributed by atoms with E-state index in [1.165, 1.54) is 23.5 Å². The molecule has 3 fully saturated rings. The minimum absolute atomic E-state index is 0.0577. The van der Waals surface area contributed by atoms with Crippen LogP contribution in [-0.2, 0) is 16.1 Å². The molecule has 2 unspecified atom stereocenters. The van der Waals surface area contributed by atoms with Crippen LogP contribution in [-0.4, -0.2) is 76.5 Å². The third-order valence-electron chi connectivity index (χ3n) is 8.50. The quantitative estimate of drug-likeness (QED) is 0.348. The lowest BCUT2D eigenvalue weighted by Crippen LogP contribution is -2.59. The SMILES string of the molecule is NC1CCC(NC(=O)[C@H]2CC(N(Cc3ccc([N+](=O)[O-])cc3)CC3CCCO3)CCN2C(=O)c2cccs2)CC1. The maximum Gasteiger partial charge on any atom is 0.269 e. The Bertz CT molecular complexity index is 1150. The van der Waals surface area contributed by atoms with Gasteiger partial charge >= 0.3 is 0 Å². The second-order valence-electron chi connectivity index (χ2n) is 11.3. The summed E-state index contributed by atoms with van der Waals surface area (Å²) in [6.07, 6.45) is 6.87. The van der Waals surface area contributed by atoms with Gasteiger partial charge in [-0.05, 0) is 68.4 Å². The van der Waals surface area contributed by atoms with Gasteiger partial charge < -0.3 is 20.7 Å². The number of benzene rings is 1. The fraction of sp³-hybridized carbons (Fsp3) is 0.586. The number of thiophene rings is 1. The van der Waals surface area contributed by atoms with Crippen molar-refractivity contribution >= 4 is 28.8 Å². The van der Waals surface area contributed by atoms with Gasteiger partial charge in [0.05, 0.1) is 15.9 Å². The number of hydrogen-bond donors (Lipinski definition) is 2. The molecule has 11 heteroatoms. The number of amides is 2. The van der Waals surface area contributed by atoms with Gasteiger partial charge in [0.15, 0.2) is 0 Å². The van der Waals surface area contributed by atoms with Crippen molar-refractivity contribution in [1.29, 1.82) is 0 Å². The molecule has 10 nitrogen and oxygen atoms in total. The Balaban J connectivity index is 1.35. The number of non-ortho nitro benzene ring substituents is 1. The van der Waals surface area contributed by atoms with Gasteiger partial charge in [-0.2, -0.15) is 0 Å². The number of piperidine rings is 1. The summed E-state index contributed by atoms with van der Waals surface area (Å²) < 4.78 is 5.97. The van der Waals surface area contributed by atoms with Gasteiger partial charge in [-0.1, -0.05) is 18.2 Å². The number of nitrogens with two attached hydrogens (primary N) is 1. The van der Waals surface area contributed by atoms with Crippen LogP contribution in [0.15, 0.2) is 41.8 Å². The minimum Gasteiger partial charge on any atom is -0.377 e. The molecule has 1 aromatic heterocycles. The lowest BCUT2D eigenvalue weighted by Gasteiger charge is -2.43. The molecule has 0 spiro atoms. The first-order valence-corrected chi connectivity index (χ1v) is 15.2. The zero-order valence-corrected chi connectivity index (χ0v) is 23.6. The number of ether oxygens (including phenoxy) is 1. The van der Waals surface area contributed by atoms with Crippen molar-refractivity contribution in [1.82, 2.24) is 15.1 Å². The summed E-state index contributed by atoms with van der Waals surface area (Å²) in [5.74, 6) is -0.192. The second-order valence-corrected chi connectivity index (χ2v) is 12.2. The van der Waals surface area contributed by atoms with Crippen LogP contribution in [0.3, 0.4) is 0 Å². The Morgan fingerprint density at radius 1 is 1.12 bits per heavy atom. The monoisotopic (exact) mass is 569 g/mol. The van der Waals surface area contributed by atoms with Gasteiger partial charge in [0.1, 0.15) is 6.04 Å². The van der Waals surface area contributed by atoms with E-state index >= 15 is 0 Å². The highest BCUT2D eigenvalue weighted by Crippen LogP contribution is 2.29. The minimum atomic E-state index is -0.576. The van der Waals surface area contributed by atoms with Crippen LogP contribution >= 0.6 is 11.3 Å². The first-order chi connectivity index (χ1) is 19.4. The smallest absolute Gasteiger partial charge is 0.269 e. The summed E-state index contributed by atoms with van der Waals surface area (Å²) >= 11 is 1.40. The lowest BCUT2D eigenvalue weighted by atomic mass is 9.90. The normalized spacial score (nSPS) is 27.1. The zero-order chi connectivity index (χ0) is 28.1. The second kappa shape index (κ2) is 13.2. The summed E-state index contributed by atoms with van der Waals surface area (Å²) in [7, 11) is 0. The Kier molecular flexibility index (Phi) is 9.46. The number of likely N-dealkylation sites (tertiary alicyclic amines) is 1. The van der Waals surface area contributed by atoms with Crippen molar-refractivity contribution in [2.75, 3.05) is 19.7 Å². The molecule has 0 bridgehead atoms. The molecule has 40 heavy (non-hydrogen) atoms. The number of nitro benzene ring substituents is 1. The average Bonchev–Trinajstić information content (AvgIpc) is 3.69. The highest BCUT2D eigenvalue weighted by Gasteiger charge is 2.40. The van der Waals surface area contributed by atoms with Crippen molar-refractivity contribution in [2.45, 2.75) is 88.2 Å². The van der Waals surface area contributed by atoms with Crippen molar-refractivity contribution in [2.24, 2.45) is 5.73 Å². The van der Waals surface area contributed by atoms with Gasteiger partial charge in [0, 0.05) is 56.5 Å². The summed E-state index contributed by atoms with van der Waals surface area (Å²) in [5.41, 5.74) is 7.12. The number of carbonyl (C=O) groups is 2. The Morgan fingerprint density at radius 2 is 1.90 bits per heavy atom. The molecule has 3 heterocycles. The summed E-state index contributed by atoms with van der Waals surface area (Å²) in [4.78, 5) is 42.8. The molecular weight excluding hydrogens is 530 g/mol. The highest BCUT2D eigenvalue weighted by atomic mass is 32.1. The first-order valence-electron chi connectivity index (χ1n) is 14.4. The molecule has 2 aromatic rings. The Morgan fingerprint density at radius 3 is 2.55 bits per heavy atom. The molecule has 216 valence electrons. The maximum absolute atomic E-state index is 13.8. The molecule has 3 N–H and O–H groups in total. The topological polar surface area (TPSA) is 131 Å². The van der Waals surface area contributed by atoms with E-state index in [1.54, 1.807) is 17.0 Å². The summed E-state index contributed by atoms with van der Waals surface area (Å²) in [6, 6.07) is 10.1. The van der Waals surface area contributed by atoms with E-state index < -0.39 is 11.0 Å². The Labute approximate surface area is 239 Å². The number of carbonyl (C=O) groups excluding carboxylic acids is 2. The van der Waals surface area contributed by atoms with Crippen molar-refractivity contribution in [3.05, 3.63) is 62.3 Å². The van der Waals surface area contributed by atoms with Gasteiger partial charge in [-0.3, -0.25) is 24.6 Å². The van der Waals surface area contributed by atoms with E-state index in [2.05, 4.69) is 10.2 Å². The van der Waals surface area contributed by atoms with Crippen LogP contribution < -0.4 is 11.1 Å². The highest BCUT2D eigenvalue weighted by molar-refractivity contribution is 7.12. The molecule has 2 aliphatic heterocycles. The van der Waals surface area contributed by atoms with Crippen LogP contribution in [0.25, 0.3) is 0 Å². The molecule has 0 radical (unpaired) electrons. The molecule has 1 aromatic carbocycles. The standard InChI is InChI=1S/C29H39N5O5S/c30-21-7-9-22(10-8-21)31-28(35)26-17-24(13-14-33(26)29(36)27-4-2-16-40-27)32(19-25-3-1-15-39-25)18-20-5-11-23(12-6-20)34(37)38/h2,4-6,11-12,16,21-22,24-26H,1,3,7-10,13-15,17-19,30H2,(H,31,35)/t21?,22?,24?,25?,26-/m1/s1. The number of nitrogens with one attached hydrogen (secondary N) is 1. The number of hydrogen-bond acceptors (Lipinski definition) is 8. The molecule has 3 atom stereocenters. The molecule has 5 rings (SSSR count). The largest absolute Gasteiger partial charge is 0.377 e. The van der Waals surface area contributed by atoms with E-state index in [4.69, 9.17) is 10.5 Å². The molecule has 3 aliphatic rings. The van der Waals surface area contributed by atoms with Crippen molar-refractivity contribution in [3.8, 4) is 0 Å². The van der Waals surface area contributed by atoms with Crippen LogP contribution in [0.2, 0.25) is 0 Å². The van der Waals surface area contributed by atoms with E-state index in [9.17, 15) is 19.7 Å². The number of nitro groups is 1. The van der Waals surface area contributed by atoms with Crippen LogP contribution in [0.5, 0.6) is 0 Å². The average molecular weight is 570 g/mol.